The van der Waals surface area contributed by atoms with Crippen molar-refractivity contribution >= 4 is 5.97 Å². The van der Waals surface area contributed by atoms with E-state index in [0.29, 0.717) is 12.1 Å². The lowest BCUT2D eigenvalue weighted by atomic mass is 10.2. The quantitative estimate of drug-likeness (QED) is 0.635. The van der Waals surface area contributed by atoms with Crippen molar-refractivity contribution < 1.29 is 9.90 Å². The lowest BCUT2D eigenvalue weighted by molar-refractivity contribution is -0.136. The molecule has 0 bridgehead atoms. The van der Waals surface area contributed by atoms with Crippen molar-refractivity contribution in [1.82, 2.24) is 0 Å². The van der Waals surface area contributed by atoms with E-state index >= 15 is 0 Å². The number of nitrogens with two attached hydrogens (primary N) is 1. The third kappa shape index (κ3) is 6.90. The first-order valence-corrected chi connectivity index (χ1v) is 3.83. The first-order valence-electron chi connectivity index (χ1n) is 3.83. The molecule has 0 aromatic carbocycles. The Hall–Kier alpha value is -0.990. The summed E-state index contributed by atoms with van der Waals surface area (Å²) in [4.78, 5) is 10.1. The van der Waals surface area contributed by atoms with Crippen LogP contribution in [0.5, 0.6) is 0 Å². The maximum atomic E-state index is 10.1. The second-order valence-electron chi connectivity index (χ2n) is 2.46. The predicted molar refractivity (Wildman–Crippen MR) is 44.0 cm³/mol. The first kappa shape index (κ1) is 10.0. The zero-order valence-corrected chi connectivity index (χ0v) is 6.84. The Morgan fingerprint density at radius 3 is 2.64 bits per heavy atom. The monoisotopic (exact) mass is 157 g/mol. The summed E-state index contributed by atoms with van der Waals surface area (Å²) in [6.45, 7) is 2.06. The van der Waals surface area contributed by atoms with Crippen LogP contribution in [0.1, 0.15) is 32.6 Å². The molecule has 3 N–H and O–H groups in total. The fourth-order valence-corrected chi connectivity index (χ4v) is 0.683. The van der Waals surface area contributed by atoms with E-state index < -0.39 is 5.97 Å². The summed E-state index contributed by atoms with van der Waals surface area (Å²) in [5, 5.41) is 8.31. The predicted octanol–water partition coefficient (Wildman–Crippen LogP) is 1.49. The van der Waals surface area contributed by atoms with Crippen molar-refractivity contribution in [3.63, 3.8) is 0 Å². The number of hydrogen-bond donors (Lipinski definition) is 2. The van der Waals surface area contributed by atoms with Crippen LogP contribution in [-0.4, -0.2) is 11.1 Å². The van der Waals surface area contributed by atoms with E-state index in [-0.39, 0.29) is 6.42 Å². The molecular weight excluding hydrogens is 142 g/mol. The highest BCUT2D eigenvalue weighted by Crippen LogP contribution is 2.00. The number of carbonyl (C=O) groups is 1. The maximum Gasteiger partial charge on any atom is 0.303 e. The third-order valence-electron chi connectivity index (χ3n) is 1.32. The summed E-state index contributed by atoms with van der Waals surface area (Å²) in [6.07, 6.45) is 4.48. The van der Waals surface area contributed by atoms with Crippen molar-refractivity contribution in [2.24, 2.45) is 5.73 Å². The summed E-state index contributed by atoms with van der Waals surface area (Å²) in [7, 11) is 0. The summed E-state index contributed by atoms with van der Waals surface area (Å²) in [6, 6.07) is 0. The number of carboxylic acid groups (broad SMARTS) is 1. The molecule has 0 rings (SSSR count). The van der Waals surface area contributed by atoms with Gasteiger partial charge in [0.05, 0.1) is 6.42 Å². The van der Waals surface area contributed by atoms with Crippen LogP contribution in [0.3, 0.4) is 0 Å². The van der Waals surface area contributed by atoms with Gasteiger partial charge in [0.25, 0.3) is 0 Å². The van der Waals surface area contributed by atoms with E-state index in [1.807, 2.05) is 6.08 Å². The minimum absolute atomic E-state index is 0.131. The summed E-state index contributed by atoms with van der Waals surface area (Å²) in [5.41, 5.74) is 6.19. The molecule has 64 valence electrons. The number of unbranched alkanes of at least 4 members (excludes halogenated alkanes) is 1. The van der Waals surface area contributed by atoms with E-state index in [0.717, 1.165) is 12.8 Å². The molecule has 0 aromatic rings. The molecule has 0 heterocycles. The lowest BCUT2D eigenvalue weighted by Gasteiger charge is -1.96. The van der Waals surface area contributed by atoms with Gasteiger partial charge in [0, 0.05) is 5.70 Å². The van der Waals surface area contributed by atoms with E-state index in [9.17, 15) is 4.79 Å². The Bertz CT molecular complexity index is 152. The SMILES string of the molecule is CCCC=C(N)CCC(=O)O. The number of hydrogen-bond acceptors (Lipinski definition) is 2. The van der Waals surface area contributed by atoms with Crippen LogP contribution < -0.4 is 5.73 Å². The van der Waals surface area contributed by atoms with Crippen LogP contribution in [0.4, 0.5) is 0 Å². The molecule has 0 saturated heterocycles. The lowest BCUT2D eigenvalue weighted by Crippen LogP contribution is -2.01. The highest BCUT2D eigenvalue weighted by Gasteiger charge is 1.96. The number of allylic oxidation sites excluding steroid dienone is 2. The Morgan fingerprint density at radius 1 is 1.55 bits per heavy atom. The molecule has 0 aliphatic rings. The van der Waals surface area contributed by atoms with Gasteiger partial charge in [0.15, 0.2) is 0 Å². The van der Waals surface area contributed by atoms with E-state index in [1.165, 1.54) is 0 Å². The van der Waals surface area contributed by atoms with Crippen molar-refractivity contribution in [3.05, 3.63) is 11.8 Å². The first-order chi connectivity index (χ1) is 5.16. The van der Waals surface area contributed by atoms with E-state index in [4.69, 9.17) is 10.8 Å². The van der Waals surface area contributed by atoms with Crippen molar-refractivity contribution in [1.29, 1.82) is 0 Å². The van der Waals surface area contributed by atoms with Crippen LogP contribution in [0.2, 0.25) is 0 Å². The van der Waals surface area contributed by atoms with Crippen LogP contribution >= 0.6 is 0 Å². The Morgan fingerprint density at radius 2 is 2.18 bits per heavy atom. The number of carboxylic acids is 1. The Labute approximate surface area is 66.9 Å². The van der Waals surface area contributed by atoms with Gasteiger partial charge in [-0.15, -0.1) is 0 Å². The van der Waals surface area contributed by atoms with Crippen LogP contribution in [0.25, 0.3) is 0 Å². The zero-order chi connectivity index (χ0) is 8.69. The van der Waals surface area contributed by atoms with Crippen molar-refractivity contribution in [2.75, 3.05) is 0 Å². The minimum atomic E-state index is -0.794. The number of rotatable bonds is 5. The second kappa shape index (κ2) is 5.77. The summed E-state index contributed by atoms with van der Waals surface area (Å²) < 4.78 is 0. The average molecular weight is 157 g/mol. The molecule has 0 aliphatic carbocycles. The smallest absolute Gasteiger partial charge is 0.303 e. The highest BCUT2D eigenvalue weighted by atomic mass is 16.4. The molecule has 0 radical (unpaired) electrons. The second-order valence-corrected chi connectivity index (χ2v) is 2.46. The molecule has 0 aliphatic heterocycles. The fourth-order valence-electron chi connectivity index (χ4n) is 0.683. The van der Waals surface area contributed by atoms with E-state index in [2.05, 4.69) is 6.92 Å². The molecule has 0 unspecified atom stereocenters. The maximum absolute atomic E-state index is 10.1. The Balaban J connectivity index is 3.50. The van der Waals surface area contributed by atoms with Crippen molar-refractivity contribution in [2.45, 2.75) is 32.6 Å². The fraction of sp³-hybridized carbons (Fsp3) is 0.625. The standard InChI is InChI=1S/C8H15NO2/c1-2-3-4-7(9)5-6-8(10)11/h4H,2-3,5-6,9H2,1H3,(H,10,11). The molecule has 0 aromatic heterocycles. The number of aliphatic carboxylic acids is 1. The molecule has 0 saturated carbocycles. The molecule has 0 amide bonds. The van der Waals surface area contributed by atoms with Crippen molar-refractivity contribution in [3.8, 4) is 0 Å². The van der Waals surface area contributed by atoms with Crippen LogP contribution in [0, 0.1) is 0 Å². The topological polar surface area (TPSA) is 63.3 Å². The van der Waals surface area contributed by atoms with Gasteiger partial charge < -0.3 is 10.8 Å². The molecule has 0 fully saturated rings. The summed E-state index contributed by atoms with van der Waals surface area (Å²) in [5.74, 6) is -0.794. The molecular formula is C8H15NO2. The average Bonchev–Trinajstić information content (AvgIpc) is 1.97. The normalized spacial score (nSPS) is 11.5. The van der Waals surface area contributed by atoms with Gasteiger partial charge >= 0.3 is 5.97 Å². The van der Waals surface area contributed by atoms with Gasteiger partial charge in [-0.1, -0.05) is 19.4 Å². The van der Waals surface area contributed by atoms with Gasteiger partial charge in [-0.2, -0.15) is 0 Å². The van der Waals surface area contributed by atoms with Gasteiger partial charge in [-0.3, -0.25) is 4.79 Å². The van der Waals surface area contributed by atoms with Gasteiger partial charge in [-0.05, 0) is 12.8 Å². The van der Waals surface area contributed by atoms with Crippen LogP contribution in [-0.2, 0) is 4.79 Å². The van der Waals surface area contributed by atoms with Crippen LogP contribution in [0.15, 0.2) is 11.8 Å². The minimum Gasteiger partial charge on any atom is -0.481 e. The Kier molecular flexibility index (Phi) is 5.25. The van der Waals surface area contributed by atoms with E-state index in [1.54, 1.807) is 0 Å². The third-order valence-corrected chi connectivity index (χ3v) is 1.32. The molecule has 3 heteroatoms. The highest BCUT2D eigenvalue weighted by molar-refractivity contribution is 5.66. The molecule has 0 spiro atoms. The largest absolute Gasteiger partial charge is 0.481 e. The molecule has 11 heavy (non-hydrogen) atoms. The van der Waals surface area contributed by atoms with Gasteiger partial charge in [-0.25, -0.2) is 0 Å². The van der Waals surface area contributed by atoms with Gasteiger partial charge in [0.1, 0.15) is 0 Å². The van der Waals surface area contributed by atoms with Gasteiger partial charge in [0.2, 0.25) is 0 Å². The summed E-state index contributed by atoms with van der Waals surface area (Å²) >= 11 is 0. The molecule has 0 atom stereocenters. The zero-order valence-electron chi connectivity index (χ0n) is 6.84. The molecule has 3 nitrogen and oxygen atoms in total.